The maximum Gasteiger partial charge on any atom is 0.102 e. The van der Waals surface area contributed by atoms with E-state index in [1.54, 1.807) is 0 Å². The first-order chi connectivity index (χ1) is 10.8. The molecule has 0 fully saturated rings. The van der Waals surface area contributed by atoms with Crippen LogP contribution in [0.5, 0.6) is 0 Å². The Morgan fingerprint density at radius 3 is 2.36 bits per heavy atom. The highest BCUT2D eigenvalue weighted by Gasteiger charge is 2.13. The number of hydrogen-bond acceptors (Lipinski definition) is 2. The first-order valence-electron chi connectivity index (χ1n) is 7.58. The lowest BCUT2D eigenvalue weighted by molar-refractivity contribution is -0.00304. The maximum absolute atomic E-state index is 10.2. The number of benzene rings is 3. The van der Waals surface area contributed by atoms with Crippen LogP contribution < -0.4 is 0 Å². The molecule has 1 N–H and O–H groups in total. The van der Waals surface area contributed by atoms with Crippen molar-refractivity contribution in [3.63, 3.8) is 0 Å². The van der Waals surface area contributed by atoms with Crippen molar-refractivity contribution in [2.75, 3.05) is 6.61 Å². The highest BCUT2D eigenvalue weighted by atomic mass is 16.5. The minimum absolute atomic E-state index is 0.0653. The number of rotatable bonds is 5. The average Bonchev–Trinajstić information content (AvgIpc) is 2.59. The minimum Gasteiger partial charge on any atom is -0.386 e. The highest BCUT2D eigenvalue weighted by molar-refractivity contribution is 5.85. The smallest absolute Gasteiger partial charge is 0.102 e. The molecule has 2 heteroatoms. The minimum atomic E-state index is -0.598. The van der Waals surface area contributed by atoms with Gasteiger partial charge in [0.15, 0.2) is 0 Å². The van der Waals surface area contributed by atoms with Crippen LogP contribution >= 0.6 is 0 Å². The van der Waals surface area contributed by atoms with Gasteiger partial charge in [-0.2, -0.15) is 0 Å². The van der Waals surface area contributed by atoms with Crippen LogP contribution in [0.15, 0.2) is 72.8 Å². The van der Waals surface area contributed by atoms with E-state index < -0.39 is 6.10 Å². The van der Waals surface area contributed by atoms with Crippen molar-refractivity contribution >= 4 is 10.8 Å². The molecule has 22 heavy (non-hydrogen) atoms. The van der Waals surface area contributed by atoms with Crippen LogP contribution in [0.1, 0.15) is 30.3 Å². The summed E-state index contributed by atoms with van der Waals surface area (Å²) in [5.41, 5.74) is 2.03. The van der Waals surface area contributed by atoms with Gasteiger partial charge in [-0.15, -0.1) is 0 Å². The summed E-state index contributed by atoms with van der Waals surface area (Å²) in [6, 6.07) is 24.1. The summed E-state index contributed by atoms with van der Waals surface area (Å²) in [7, 11) is 0. The van der Waals surface area contributed by atoms with Gasteiger partial charge in [-0.1, -0.05) is 72.8 Å². The van der Waals surface area contributed by atoms with E-state index in [2.05, 4.69) is 24.3 Å². The van der Waals surface area contributed by atoms with Crippen LogP contribution in [0.3, 0.4) is 0 Å². The molecule has 2 nitrogen and oxygen atoms in total. The molecule has 0 spiro atoms. The normalized spacial score (nSPS) is 13.9. The molecular weight excluding hydrogens is 272 g/mol. The Morgan fingerprint density at radius 1 is 0.864 bits per heavy atom. The second kappa shape index (κ2) is 6.73. The largest absolute Gasteiger partial charge is 0.386 e. The third-order valence-corrected chi connectivity index (χ3v) is 3.95. The quantitative estimate of drug-likeness (QED) is 0.741. The zero-order chi connectivity index (χ0) is 15.4. The van der Waals surface area contributed by atoms with Crippen LogP contribution in [0, 0.1) is 0 Å². The SMILES string of the molecule is CC(OCC(O)c1ccccc1)c1cccc2ccccc12. The number of aliphatic hydroxyl groups is 1. The van der Waals surface area contributed by atoms with Gasteiger partial charge >= 0.3 is 0 Å². The topological polar surface area (TPSA) is 29.5 Å². The van der Waals surface area contributed by atoms with E-state index in [0.29, 0.717) is 0 Å². The highest BCUT2D eigenvalue weighted by Crippen LogP contribution is 2.27. The third kappa shape index (κ3) is 3.19. The van der Waals surface area contributed by atoms with Gasteiger partial charge in [0.05, 0.1) is 12.7 Å². The Balaban J connectivity index is 1.73. The molecule has 0 heterocycles. The van der Waals surface area contributed by atoms with E-state index in [-0.39, 0.29) is 12.7 Å². The van der Waals surface area contributed by atoms with Gasteiger partial charge in [-0.3, -0.25) is 0 Å². The predicted molar refractivity (Wildman–Crippen MR) is 89.7 cm³/mol. The lowest BCUT2D eigenvalue weighted by Gasteiger charge is -2.18. The summed E-state index contributed by atoms with van der Waals surface area (Å²) in [5, 5.41) is 12.6. The predicted octanol–water partition coefficient (Wildman–Crippen LogP) is 4.65. The Labute approximate surface area is 131 Å². The van der Waals surface area contributed by atoms with Crippen molar-refractivity contribution in [3.8, 4) is 0 Å². The molecule has 0 amide bonds. The Kier molecular flexibility index (Phi) is 4.52. The van der Waals surface area contributed by atoms with E-state index in [0.717, 1.165) is 11.1 Å². The van der Waals surface area contributed by atoms with Crippen LogP contribution in [-0.2, 0) is 4.74 Å². The number of aliphatic hydroxyl groups excluding tert-OH is 1. The molecule has 0 radical (unpaired) electrons. The second-order valence-corrected chi connectivity index (χ2v) is 5.47. The monoisotopic (exact) mass is 292 g/mol. The molecule has 3 rings (SSSR count). The Hall–Kier alpha value is -2.16. The Morgan fingerprint density at radius 2 is 1.55 bits per heavy atom. The van der Waals surface area contributed by atoms with Gasteiger partial charge in [0, 0.05) is 0 Å². The fourth-order valence-electron chi connectivity index (χ4n) is 2.70. The van der Waals surface area contributed by atoms with Crippen LogP contribution in [-0.4, -0.2) is 11.7 Å². The zero-order valence-corrected chi connectivity index (χ0v) is 12.6. The summed E-state index contributed by atoms with van der Waals surface area (Å²) in [6.45, 7) is 2.31. The first-order valence-corrected chi connectivity index (χ1v) is 7.58. The molecule has 0 aliphatic rings. The molecular formula is C20H20O2. The van der Waals surface area contributed by atoms with E-state index in [1.165, 1.54) is 10.8 Å². The third-order valence-electron chi connectivity index (χ3n) is 3.95. The van der Waals surface area contributed by atoms with Crippen LogP contribution in [0.25, 0.3) is 10.8 Å². The zero-order valence-electron chi connectivity index (χ0n) is 12.6. The molecule has 3 aromatic rings. The van der Waals surface area contributed by atoms with Crippen LogP contribution in [0.4, 0.5) is 0 Å². The van der Waals surface area contributed by atoms with Gasteiger partial charge in [0.2, 0.25) is 0 Å². The summed E-state index contributed by atoms with van der Waals surface area (Å²) in [4.78, 5) is 0. The Bertz CT molecular complexity index is 732. The number of fused-ring (bicyclic) bond motifs is 1. The summed E-state index contributed by atoms with van der Waals surface area (Å²) in [6.07, 6.45) is -0.664. The molecule has 0 saturated carbocycles. The lowest BCUT2D eigenvalue weighted by Crippen LogP contribution is -2.10. The molecule has 112 valence electrons. The molecule has 2 unspecified atom stereocenters. The molecule has 0 aromatic heterocycles. The molecule has 0 aliphatic heterocycles. The number of hydrogen-bond donors (Lipinski definition) is 1. The van der Waals surface area contributed by atoms with E-state index in [1.807, 2.05) is 55.5 Å². The van der Waals surface area contributed by atoms with Crippen LogP contribution in [0.2, 0.25) is 0 Å². The summed E-state index contributed by atoms with van der Waals surface area (Å²) in [5.74, 6) is 0. The van der Waals surface area contributed by atoms with Crippen molar-refractivity contribution in [1.29, 1.82) is 0 Å². The molecule has 0 saturated heterocycles. The van der Waals surface area contributed by atoms with Gasteiger partial charge in [0.25, 0.3) is 0 Å². The van der Waals surface area contributed by atoms with Crippen molar-refractivity contribution in [1.82, 2.24) is 0 Å². The van der Waals surface area contributed by atoms with Gasteiger partial charge < -0.3 is 9.84 Å². The summed E-state index contributed by atoms with van der Waals surface area (Å²) >= 11 is 0. The van der Waals surface area contributed by atoms with Gasteiger partial charge in [0.1, 0.15) is 6.10 Å². The van der Waals surface area contributed by atoms with Crippen molar-refractivity contribution in [2.45, 2.75) is 19.1 Å². The van der Waals surface area contributed by atoms with Crippen molar-refractivity contribution in [2.24, 2.45) is 0 Å². The van der Waals surface area contributed by atoms with Gasteiger partial charge in [-0.05, 0) is 28.8 Å². The number of ether oxygens (including phenoxy) is 1. The van der Waals surface area contributed by atoms with Crippen molar-refractivity contribution in [3.05, 3.63) is 83.9 Å². The first kappa shape index (κ1) is 14.8. The fourth-order valence-corrected chi connectivity index (χ4v) is 2.70. The summed E-state index contributed by atoms with van der Waals surface area (Å²) < 4.78 is 5.90. The fraction of sp³-hybridized carbons (Fsp3) is 0.200. The maximum atomic E-state index is 10.2. The molecule has 0 aliphatic carbocycles. The average molecular weight is 292 g/mol. The second-order valence-electron chi connectivity index (χ2n) is 5.47. The molecule has 2 atom stereocenters. The van der Waals surface area contributed by atoms with E-state index >= 15 is 0 Å². The van der Waals surface area contributed by atoms with Gasteiger partial charge in [-0.25, -0.2) is 0 Å². The van der Waals surface area contributed by atoms with E-state index in [9.17, 15) is 5.11 Å². The standard InChI is InChI=1S/C20H20O2/c1-15(22-14-20(21)17-9-3-2-4-10-17)18-13-7-11-16-8-5-6-12-19(16)18/h2-13,15,20-21H,14H2,1H3. The van der Waals surface area contributed by atoms with Crippen molar-refractivity contribution < 1.29 is 9.84 Å². The molecule has 0 bridgehead atoms. The lowest BCUT2D eigenvalue weighted by atomic mass is 10.0. The van der Waals surface area contributed by atoms with E-state index in [4.69, 9.17) is 4.74 Å². The molecule has 3 aromatic carbocycles.